The minimum Gasteiger partial charge on any atom is -0.459 e. The van der Waals surface area contributed by atoms with Gasteiger partial charge in [0, 0.05) is 5.69 Å². The molecule has 0 fully saturated rings. The lowest BCUT2D eigenvalue weighted by Gasteiger charge is -2.14. The van der Waals surface area contributed by atoms with E-state index < -0.39 is 24.5 Å². The van der Waals surface area contributed by atoms with Crippen LogP contribution in [0.5, 0.6) is 5.75 Å². The maximum atomic E-state index is 12.2. The summed E-state index contributed by atoms with van der Waals surface area (Å²) < 4.78 is 33.4. The Morgan fingerprint density at radius 3 is 2.62 bits per heavy atom. The van der Waals surface area contributed by atoms with Crippen molar-refractivity contribution in [3.05, 3.63) is 47.4 Å². The van der Waals surface area contributed by atoms with Gasteiger partial charge in [-0.05, 0) is 37.3 Å². The average Bonchev–Trinajstić information content (AvgIpc) is 3.04. The standard InChI is InChI=1S/C15H13ClF2N2O4/c1-8(19-14(22)12-3-2-6-23-12)13(21)20-9-4-5-11(10(16)7-9)24-15(17)18/h2-8,15H,1H3,(H,19,22)(H,20,21)/t8-/m0/s1. The quantitative estimate of drug-likeness (QED) is 0.830. The Labute approximate surface area is 140 Å². The molecule has 1 aromatic heterocycles. The molecule has 0 spiro atoms. The van der Waals surface area contributed by atoms with Gasteiger partial charge in [-0.3, -0.25) is 9.59 Å². The summed E-state index contributed by atoms with van der Waals surface area (Å²) in [6.45, 7) is -1.52. The van der Waals surface area contributed by atoms with Gasteiger partial charge in [-0.2, -0.15) is 8.78 Å². The van der Waals surface area contributed by atoms with Crippen LogP contribution in [0.2, 0.25) is 5.02 Å². The minimum atomic E-state index is -3.00. The van der Waals surface area contributed by atoms with Gasteiger partial charge in [-0.15, -0.1) is 0 Å². The van der Waals surface area contributed by atoms with Gasteiger partial charge in [0.15, 0.2) is 5.76 Å². The number of ether oxygens (including phenoxy) is 1. The Hall–Kier alpha value is -2.61. The Morgan fingerprint density at radius 2 is 2.04 bits per heavy atom. The van der Waals surface area contributed by atoms with E-state index in [2.05, 4.69) is 15.4 Å². The zero-order valence-corrected chi connectivity index (χ0v) is 13.1. The third kappa shape index (κ3) is 4.69. The van der Waals surface area contributed by atoms with Crippen molar-refractivity contribution >= 4 is 29.1 Å². The molecule has 0 saturated carbocycles. The molecule has 0 radical (unpaired) electrons. The molecule has 1 aromatic carbocycles. The number of hydrogen-bond donors (Lipinski definition) is 2. The molecule has 0 aliphatic rings. The molecule has 0 aliphatic carbocycles. The Kier molecular flexibility index (Phi) is 5.75. The number of benzene rings is 1. The van der Waals surface area contributed by atoms with Gasteiger partial charge in [0.05, 0.1) is 11.3 Å². The van der Waals surface area contributed by atoms with E-state index >= 15 is 0 Å². The fourth-order valence-corrected chi connectivity index (χ4v) is 1.99. The first-order chi connectivity index (χ1) is 11.4. The monoisotopic (exact) mass is 358 g/mol. The van der Waals surface area contributed by atoms with Crippen LogP contribution < -0.4 is 15.4 Å². The first-order valence-electron chi connectivity index (χ1n) is 6.76. The Balaban J connectivity index is 1.96. The average molecular weight is 359 g/mol. The van der Waals surface area contributed by atoms with Crippen molar-refractivity contribution in [2.45, 2.75) is 19.6 Å². The van der Waals surface area contributed by atoms with Crippen LogP contribution in [0, 0.1) is 0 Å². The fourth-order valence-electron chi connectivity index (χ4n) is 1.76. The summed E-state index contributed by atoms with van der Waals surface area (Å²) in [6.07, 6.45) is 1.34. The van der Waals surface area contributed by atoms with E-state index in [0.717, 1.165) is 0 Å². The molecule has 1 heterocycles. The second-order valence-electron chi connectivity index (χ2n) is 4.69. The lowest BCUT2D eigenvalue weighted by atomic mass is 10.2. The van der Waals surface area contributed by atoms with Crippen molar-refractivity contribution in [3.63, 3.8) is 0 Å². The summed E-state index contributed by atoms with van der Waals surface area (Å²) in [5.74, 6) is -1.19. The number of rotatable bonds is 6. The summed E-state index contributed by atoms with van der Waals surface area (Å²) in [4.78, 5) is 23.8. The van der Waals surface area contributed by atoms with Crippen LogP contribution in [0.4, 0.5) is 14.5 Å². The highest BCUT2D eigenvalue weighted by Gasteiger charge is 2.18. The molecular weight excluding hydrogens is 346 g/mol. The van der Waals surface area contributed by atoms with E-state index in [4.69, 9.17) is 16.0 Å². The van der Waals surface area contributed by atoms with Gasteiger partial charge in [0.1, 0.15) is 11.8 Å². The van der Waals surface area contributed by atoms with Crippen LogP contribution in [0.25, 0.3) is 0 Å². The second-order valence-corrected chi connectivity index (χ2v) is 5.09. The predicted octanol–water partition coefficient (Wildman–Crippen LogP) is 3.29. The summed E-state index contributed by atoms with van der Waals surface area (Å²) in [7, 11) is 0. The van der Waals surface area contributed by atoms with Crippen molar-refractivity contribution < 1.29 is 27.5 Å². The smallest absolute Gasteiger partial charge is 0.387 e. The lowest BCUT2D eigenvalue weighted by Crippen LogP contribution is -2.41. The molecular formula is C15H13ClF2N2O4. The molecule has 1 atom stereocenters. The van der Waals surface area contributed by atoms with Crippen molar-refractivity contribution in [2.75, 3.05) is 5.32 Å². The molecule has 0 bridgehead atoms. The zero-order valence-electron chi connectivity index (χ0n) is 12.4. The Bertz CT molecular complexity index is 722. The largest absolute Gasteiger partial charge is 0.459 e. The van der Waals surface area contributed by atoms with E-state index in [1.807, 2.05) is 0 Å². The van der Waals surface area contributed by atoms with Crippen LogP contribution in [-0.4, -0.2) is 24.5 Å². The van der Waals surface area contributed by atoms with Crippen LogP contribution >= 0.6 is 11.6 Å². The lowest BCUT2D eigenvalue weighted by molar-refractivity contribution is -0.117. The van der Waals surface area contributed by atoms with E-state index in [1.54, 1.807) is 6.07 Å². The highest BCUT2D eigenvalue weighted by molar-refractivity contribution is 6.32. The summed E-state index contributed by atoms with van der Waals surface area (Å²) in [5.41, 5.74) is 0.269. The maximum Gasteiger partial charge on any atom is 0.387 e. The molecule has 2 N–H and O–H groups in total. The van der Waals surface area contributed by atoms with Crippen LogP contribution in [0.15, 0.2) is 41.0 Å². The van der Waals surface area contributed by atoms with E-state index in [-0.39, 0.29) is 22.2 Å². The van der Waals surface area contributed by atoms with Crippen molar-refractivity contribution in [3.8, 4) is 5.75 Å². The first kappa shape index (κ1) is 17.7. The molecule has 2 rings (SSSR count). The summed E-state index contributed by atoms with van der Waals surface area (Å²) in [5, 5.41) is 4.87. The van der Waals surface area contributed by atoms with Crippen molar-refractivity contribution in [1.29, 1.82) is 0 Å². The number of halogens is 3. The first-order valence-corrected chi connectivity index (χ1v) is 7.14. The summed E-state index contributed by atoms with van der Waals surface area (Å²) in [6, 6.07) is 5.96. The molecule has 2 aromatic rings. The SMILES string of the molecule is C[C@H](NC(=O)c1ccco1)C(=O)Nc1ccc(OC(F)F)c(Cl)c1. The molecule has 0 unspecified atom stereocenters. The van der Waals surface area contributed by atoms with Crippen LogP contribution in [0.1, 0.15) is 17.5 Å². The number of alkyl halides is 2. The number of nitrogens with one attached hydrogen (secondary N) is 2. The molecule has 24 heavy (non-hydrogen) atoms. The minimum absolute atomic E-state index is 0.0752. The number of anilines is 1. The van der Waals surface area contributed by atoms with E-state index in [1.165, 1.54) is 37.5 Å². The Morgan fingerprint density at radius 1 is 1.29 bits per heavy atom. The molecule has 0 saturated heterocycles. The molecule has 128 valence electrons. The number of carbonyl (C=O) groups excluding carboxylic acids is 2. The van der Waals surface area contributed by atoms with E-state index in [9.17, 15) is 18.4 Å². The second kappa shape index (κ2) is 7.78. The van der Waals surface area contributed by atoms with Gasteiger partial charge < -0.3 is 19.8 Å². The molecule has 0 aliphatic heterocycles. The number of amides is 2. The van der Waals surface area contributed by atoms with Gasteiger partial charge >= 0.3 is 6.61 Å². The number of hydrogen-bond acceptors (Lipinski definition) is 4. The maximum absolute atomic E-state index is 12.2. The molecule has 9 heteroatoms. The third-order valence-corrected chi connectivity index (χ3v) is 3.20. The highest BCUT2D eigenvalue weighted by Crippen LogP contribution is 2.28. The van der Waals surface area contributed by atoms with Gasteiger partial charge in [-0.1, -0.05) is 11.6 Å². The normalized spacial score (nSPS) is 11.9. The molecule has 6 nitrogen and oxygen atoms in total. The zero-order chi connectivity index (χ0) is 17.7. The van der Waals surface area contributed by atoms with E-state index in [0.29, 0.717) is 0 Å². The van der Waals surface area contributed by atoms with Gasteiger partial charge in [-0.25, -0.2) is 0 Å². The molecule has 2 amide bonds. The third-order valence-electron chi connectivity index (χ3n) is 2.90. The fraction of sp³-hybridized carbons (Fsp3) is 0.200. The predicted molar refractivity (Wildman–Crippen MR) is 82.3 cm³/mol. The number of carbonyl (C=O) groups is 2. The van der Waals surface area contributed by atoms with Crippen molar-refractivity contribution in [1.82, 2.24) is 5.32 Å². The van der Waals surface area contributed by atoms with Crippen molar-refractivity contribution in [2.24, 2.45) is 0 Å². The summed E-state index contributed by atoms with van der Waals surface area (Å²) >= 11 is 5.80. The number of furan rings is 1. The van der Waals surface area contributed by atoms with Gasteiger partial charge in [0.25, 0.3) is 5.91 Å². The van der Waals surface area contributed by atoms with Crippen LogP contribution in [0.3, 0.4) is 0 Å². The van der Waals surface area contributed by atoms with Gasteiger partial charge in [0.2, 0.25) is 5.91 Å². The van der Waals surface area contributed by atoms with Crippen LogP contribution in [-0.2, 0) is 4.79 Å². The topological polar surface area (TPSA) is 80.6 Å². The highest BCUT2D eigenvalue weighted by atomic mass is 35.5.